The Kier molecular flexibility index (Phi) is 4.28. The summed E-state index contributed by atoms with van der Waals surface area (Å²) in [6, 6.07) is 11.3. The standard InChI is InChI=1S/C18H18F3NO/c19-18(20,21)15-4-7-16(8-5-15)22-17-6-3-13-9-12(11-23)1-2-14(13)10-17/h1-3,6,9-11,15-16,22H,4-5,7-8H2/t15-,16+. The van der Waals surface area contributed by atoms with Crippen molar-refractivity contribution in [1.82, 2.24) is 0 Å². The van der Waals surface area contributed by atoms with E-state index in [0.29, 0.717) is 18.4 Å². The summed E-state index contributed by atoms with van der Waals surface area (Å²) < 4.78 is 38.1. The second kappa shape index (κ2) is 6.22. The molecule has 2 nitrogen and oxygen atoms in total. The van der Waals surface area contributed by atoms with Crippen LogP contribution < -0.4 is 5.32 Å². The maximum Gasteiger partial charge on any atom is 0.391 e. The number of alkyl halides is 3. The summed E-state index contributed by atoms with van der Waals surface area (Å²) in [5.41, 5.74) is 1.54. The van der Waals surface area contributed by atoms with Gasteiger partial charge in [0.05, 0.1) is 5.92 Å². The van der Waals surface area contributed by atoms with Crippen molar-refractivity contribution in [2.24, 2.45) is 5.92 Å². The fraction of sp³-hybridized carbons (Fsp3) is 0.389. The van der Waals surface area contributed by atoms with Gasteiger partial charge in [-0.15, -0.1) is 0 Å². The molecule has 122 valence electrons. The fourth-order valence-electron chi connectivity index (χ4n) is 3.23. The highest BCUT2D eigenvalue weighted by molar-refractivity contribution is 5.90. The molecule has 5 heteroatoms. The Bertz CT molecular complexity index is 703. The average molecular weight is 321 g/mol. The molecule has 0 bridgehead atoms. The molecule has 1 saturated carbocycles. The molecule has 1 N–H and O–H groups in total. The predicted octanol–water partition coefficient (Wildman–Crippen LogP) is 5.19. The molecule has 2 aromatic carbocycles. The Labute approximate surface area is 132 Å². The molecule has 0 saturated heterocycles. The summed E-state index contributed by atoms with van der Waals surface area (Å²) in [4.78, 5) is 10.8. The normalized spacial score (nSPS) is 22.0. The van der Waals surface area contributed by atoms with Gasteiger partial charge in [-0.25, -0.2) is 0 Å². The van der Waals surface area contributed by atoms with E-state index in [2.05, 4.69) is 5.32 Å². The Morgan fingerprint density at radius 3 is 2.26 bits per heavy atom. The molecule has 0 radical (unpaired) electrons. The second-order valence-electron chi connectivity index (χ2n) is 6.17. The van der Waals surface area contributed by atoms with Crippen molar-refractivity contribution in [2.45, 2.75) is 37.9 Å². The summed E-state index contributed by atoms with van der Waals surface area (Å²) >= 11 is 0. The van der Waals surface area contributed by atoms with Crippen molar-refractivity contribution in [3.63, 3.8) is 0 Å². The van der Waals surface area contributed by atoms with Crippen LogP contribution in [0.2, 0.25) is 0 Å². The Hall–Kier alpha value is -2.04. The Morgan fingerprint density at radius 1 is 0.957 bits per heavy atom. The number of rotatable bonds is 3. The number of aldehydes is 1. The molecule has 0 heterocycles. The molecule has 23 heavy (non-hydrogen) atoms. The molecule has 0 amide bonds. The van der Waals surface area contributed by atoms with Crippen LogP contribution in [0.4, 0.5) is 18.9 Å². The summed E-state index contributed by atoms with van der Waals surface area (Å²) in [6.45, 7) is 0. The minimum absolute atomic E-state index is 0.0836. The van der Waals surface area contributed by atoms with Crippen molar-refractivity contribution >= 4 is 22.7 Å². The molecule has 2 aromatic rings. The molecule has 0 spiro atoms. The number of carbonyl (C=O) groups is 1. The van der Waals surface area contributed by atoms with E-state index in [-0.39, 0.29) is 18.9 Å². The van der Waals surface area contributed by atoms with E-state index in [9.17, 15) is 18.0 Å². The predicted molar refractivity (Wildman–Crippen MR) is 84.8 cm³/mol. The van der Waals surface area contributed by atoms with Crippen LogP contribution in [0.25, 0.3) is 10.8 Å². The van der Waals surface area contributed by atoms with Gasteiger partial charge in [-0.1, -0.05) is 18.2 Å². The van der Waals surface area contributed by atoms with Crippen molar-refractivity contribution in [3.8, 4) is 0 Å². The third kappa shape index (κ3) is 3.66. The number of anilines is 1. The lowest BCUT2D eigenvalue weighted by Gasteiger charge is -2.30. The lowest BCUT2D eigenvalue weighted by Crippen LogP contribution is -2.32. The molecule has 1 fully saturated rings. The highest BCUT2D eigenvalue weighted by atomic mass is 19.4. The van der Waals surface area contributed by atoms with Crippen LogP contribution in [0.15, 0.2) is 36.4 Å². The van der Waals surface area contributed by atoms with Crippen LogP contribution in [0, 0.1) is 5.92 Å². The van der Waals surface area contributed by atoms with Gasteiger partial charge in [0.1, 0.15) is 6.29 Å². The monoisotopic (exact) mass is 321 g/mol. The molecule has 0 aliphatic heterocycles. The smallest absolute Gasteiger partial charge is 0.382 e. The number of halogens is 3. The Balaban J connectivity index is 1.67. The maximum absolute atomic E-state index is 12.7. The largest absolute Gasteiger partial charge is 0.391 e. The van der Waals surface area contributed by atoms with Crippen LogP contribution in [-0.2, 0) is 0 Å². The van der Waals surface area contributed by atoms with E-state index in [4.69, 9.17) is 0 Å². The van der Waals surface area contributed by atoms with Gasteiger partial charge in [-0.3, -0.25) is 4.79 Å². The lowest BCUT2D eigenvalue weighted by atomic mass is 9.85. The second-order valence-corrected chi connectivity index (χ2v) is 6.17. The molecule has 1 aliphatic carbocycles. The van der Waals surface area contributed by atoms with E-state index in [1.807, 2.05) is 30.3 Å². The zero-order valence-electron chi connectivity index (χ0n) is 12.6. The number of nitrogens with one attached hydrogen (secondary N) is 1. The fourth-order valence-corrected chi connectivity index (χ4v) is 3.23. The molecule has 0 atom stereocenters. The third-order valence-corrected chi connectivity index (χ3v) is 4.56. The van der Waals surface area contributed by atoms with Gasteiger partial charge in [-0.05, 0) is 54.7 Å². The van der Waals surface area contributed by atoms with Crippen molar-refractivity contribution < 1.29 is 18.0 Å². The average Bonchev–Trinajstić information content (AvgIpc) is 2.54. The van der Waals surface area contributed by atoms with E-state index in [1.165, 1.54) is 0 Å². The van der Waals surface area contributed by atoms with Gasteiger partial charge in [0.2, 0.25) is 0 Å². The highest BCUT2D eigenvalue weighted by Gasteiger charge is 2.41. The molecule has 0 aromatic heterocycles. The first-order chi connectivity index (χ1) is 11.0. The first-order valence-corrected chi connectivity index (χ1v) is 7.78. The zero-order chi connectivity index (χ0) is 16.4. The van der Waals surface area contributed by atoms with Crippen LogP contribution >= 0.6 is 0 Å². The van der Waals surface area contributed by atoms with Crippen LogP contribution in [0.5, 0.6) is 0 Å². The van der Waals surface area contributed by atoms with Gasteiger partial charge in [0.15, 0.2) is 0 Å². The molecule has 0 unspecified atom stereocenters. The summed E-state index contributed by atoms with van der Waals surface area (Å²) in [5, 5.41) is 5.31. The van der Waals surface area contributed by atoms with Crippen LogP contribution in [-0.4, -0.2) is 18.5 Å². The molecular formula is C18H18F3NO. The summed E-state index contributed by atoms with van der Waals surface area (Å²) in [5.74, 6) is -1.15. The van der Waals surface area contributed by atoms with Gasteiger partial charge < -0.3 is 5.32 Å². The van der Waals surface area contributed by atoms with Crippen molar-refractivity contribution in [3.05, 3.63) is 42.0 Å². The van der Waals surface area contributed by atoms with E-state index >= 15 is 0 Å². The van der Waals surface area contributed by atoms with Crippen molar-refractivity contribution in [1.29, 1.82) is 0 Å². The number of benzene rings is 2. The number of hydrogen-bond donors (Lipinski definition) is 1. The first kappa shape index (κ1) is 15.8. The summed E-state index contributed by atoms with van der Waals surface area (Å²) in [7, 11) is 0. The molecular weight excluding hydrogens is 303 g/mol. The van der Waals surface area contributed by atoms with E-state index in [1.54, 1.807) is 6.07 Å². The van der Waals surface area contributed by atoms with Crippen LogP contribution in [0.3, 0.4) is 0 Å². The SMILES string of the molecule is O=Cc1ccc2cc(N[C@H]3CC[C@@H](C(F)(F)F)CC3)ccc2c1. The zero-order valence-corrected chi connectivity index (χ0v) is 12.6. The van der Waals surface area contributed by atoms with Crippen molar-refractivity contribution in [2.75, 3.05) is 5.32 Å². The molecule has 1 aliphatic rings. The third-order valence-electron chi connectivity index (χ3n) is 4.56. The highest BCUT2D eigenvalue weighted by Crippen LogP contribution is 2.38. The topological polar surface area (TPSA) is 29.1 Å². The van der Waals surface area contributed by atoms with Gasteiger partial charge in [-0.2, -0.15) is 13.2 Å². The van der Waals surface area contributed by atoms with Crippen LogP contribution in [0.1, 0.15) is 36.0 Å². The lowest BCUT2D eigenvalue weighted by molar-refractivity contribution is -0.182. The maximum atomic E-state index is 12.7. The van der Waals surface area contributed by atoms with Gasteiger partial charge in [0, 0.05) is 17.3 Å². The Morgan fingerprint density at radius 2 is 1.61 bits per heavy atom. The van der Waals surface area contributed by atoms with Gasteiger partial charge in [0.25, 0.3) is 0 Å². The minimum Gasteiger partial charge on any atom is -0.382 e. The number of hydrogen-bond acceptors (Lipinski definition) is 2. The minimum atomic E-state index is -4.07. The summed E-state index contributed by atoms with van der Waals surface area (Å²) in [6.07, 6.45) is -1.80. The number of carbonyl (C=O) groups excluding carboxylic acids is 1. The number of fused-ring (bicyclic) bond motifs is 1. The van der Waals surface area contributed by atoms with E-state index in [0.717, 1.165) is 22.7 Å². The van der Waals surface area contributed by atoms with E-state index < -0.39 is 12.1 Å². The first-order valence-electron chi connectivity index (χ1n) is 7.78. The van der Waals surface area contributed by atoms with Gasteiger partial charge >= 0.3 is 6.18 Å². The molecule has 3 rings (SSSR count). The quantitative estimate of drug-likeness (QED) is 0.789.